The van der Waals surface area contributed by atoms with Crippen LogP contribution in [0.4, 0.5) is 0 Å². The highest BCUT2D eigenvalue weighted by molar-refractivity contribution is 7.17. The highest BCUT2D eigenvalue weighted by Crippen LogP contribution is 2.30. The van der Waals surface area contributed by atoms with Crippen molar-refractivity contribution in [3.8, 4) is 10.6 Å². The second-order valence-corrected chi connectivity index (χ2v) is 7.25. The lowest BCUT2D eigenvalue weighted by molar-refractivity contribution is -0.0146. The molecule has 1 fully saturated rings. The van der Waals surface area contributed by atoms with Gasteiger partial charge in [0, 0.05) is 30.7 Å². The number of carbonyl (C=O) groups is 1. The summed E-state index contributed by atoms with van der Waals surface area (Å²) in [5.74, 6) is -0.119. The quantitative estimate of drug-likeness (QED) is 0.873. The molecule has 1 saturated heterocycles. The predicted molar refractivity (Wildman–Crippen MR) is 94.2 cm³/mol. The molecule has 2 N–H and O–H groups in total. The Bertz CT molecular complexity index is 694. The Morgan fingerprint density at radius 3 is 2.71 bits per heavy atom. The van der Waals surface area contributed by atoms with E-state index in [2.05, 4.69) is 10.3 Å². The van der Waals surface area contributed by atoms with Crippen LogP contribution in [0, 0.1) is 12.3 Å². The van der Waals surface area contributed by atoms with Crippen molar-refractivity contribution in [3.63, 3.8) is 0 Å². The van der Waals surface area contributed by atoms with Crippen molar-refractivity contribution < 1.29 is 14.6 Å². The Balaban J connectivity index is 1.70. The van der Waals surface area contributed by atoms with Crippen LogP contribution in [-0.4, -0.2) is 42.4 Å². The van der Waals surface area contributed by atoms with Crippen molar-refractivity contribution >= 4 is 17.2 Å². The number of rotatable bonds is 5. The maximum Gasteiger partial charge on any atom is 0.263 e. The van der Waals surface area contributed by atoms with Gasteiger partial charge in [-0.3, -0.25) is 4.79 Å². The molecule has 5 nitrogen and oxygen atoms in total. The lowest BCUT2D eigenvalue weighted by Gasteiger charge is -2.35. The van der Waals surface area contributed by atoms with Crippen molar-refractivity contribution in [3.05, 3.63) is 40.9 Å². The number of carbonyl (C=O) groups excluding carboxylic acids is 1. The zero-order valence-electron chi connectivity index (χ0n) is 13.7. The van der Waals surface area contributed by atoms with Crippen LogP contribution in [0.5, 0.6) is 0 Å². The molecule has 0 unspecified atom stereocenters. The first kappa shape index (κ1) is 17.1. The minimum absolute atomic E-state index is 0.0631. The molecule has 1 aromatic heterocycles. The molecule has 1 aliphatic rings. The summed E-state index contributed by atoms with van der Waals surface area (Å²) in [5, 5.41) is 13.5. The van der Waals surface area contributed by atoms with Crippen LogP contribution in [0.3, 0.4) is 0 Å². The summed E-state index contributed by atoms with van der Waals surface area (Å²) >= 11 is 1.40. The molecule has 1 amide bonds. The summed E-state index contributed by atoms with van der Waals surface area (Å²) in [4.78, 5) is 17.7. The van der Waals surface area contributed by atoms with Gasteiger partial charge in [0.2, 0.25) is 0 Å². The number of aliphatic hydroxyl groups is 1. The molecule has 0 spiro atoms. The van der Waals surface area contributed by atoms with Crippen LogP contribution < -0.4 is 5.32 Å². The number of nitrogens with zero attached hydrogens (tertiary/aromatic N) is 1. The first-order valence-electron chi connectivity index (χ1n) is 8.13. The van der Waals surface area contributed by atoms with E-state index in [1.54, 1.807) is 0 Å². The fourth-order valence-electron chi connectivity index (χ4n) is 2.85. The molecule has 1 aliphatic heterocycles. The van der Waals surface area contributed by atoms with Gasteiger partial charge >= 0.3 is 0 Å². The van der Waals surface area contributed by atoms with Gasteiger partial charge in [-0.15, -0.1) is 11.3 Å². The molecular weight excluding hydrogens is 324 g/mol. The Kier molecular flexibility index (Phi) is 5.28. The molecule has 1 aromatic carbocycles. The molecule has 0 radical (unpaired) electrons. The molecule has 3 rings (SSSR count). The third-order valence-electron chi connectivity index (χ3n) is 4.54. The Labute approximate surface area is 145 Å². The molecule has 0 bridgehead atoms. The Morgan fingerprint density at radius 2 is 2.04 bits per heavy atom. The van der Waals surface area contributed by atoms with Crippen LogP contribution in [0.25, 0.3) is 10.6 Å². The van der Waals surface area contributed by atoms with Crippen molar-refractivity contribution in [2.24, 2.45) is 5.41 Å². The number of aliphatic hydroxyl groups excluding tert-OH is 1. The van der Waals surface area contributed by atoms with E-state index < -0.39 is 0 Å². The topological polar surface area (TPSA) is 71.5 Å². The number of aromatic nitrogens is 1. The van der Waals surface area contributed by atoms with Crippen molar-refractivity contribution in [1.82, 2.24) is 10.3 Å². The summed E-state index contributed by atoms with van der Waals surface area (Å²) < 4.78 is 5.36. The van der Waals surface area contributed by atoms with Crippen molar-refractivity contribution in [1.29, 1.82) is 0 Å². The number of thiazole rings is 1. The summed E-state index contributed by atoms with van der Waals surface area (Å²) in [6.07, 6.45) is 1.53. The molecule has 24 heavy (non-hydrogen) atoms. The molecule has 2 heterocycles. The number of hydrogen-bond acceptors (Lipinski definition) is 5. The normalized spacial score (nSPS) is 16.8. The highest BCUT2D eigenvalue weighted by Gasteiger charge is 2.32. The van der Waals surface area contributed by atoms with Gasteiger partial charge in [0.05, 0.1) is 12.3 Å². The van der Waals surface area contributed by atoms with Gasteiger partial charge < -0.3 is 15.2 Å². The van der Waals surface area contributed by atoms with Gasteiger partial charge in [-0.05, 0) is 19.8 Å². The molecule has 0 atom stereocenters. The van der Waals surface area contributed by atoms with Crippen LogP contribution in [-0.2, 0) is 4.74 Å². The minimum Gasteiger partial charge on any atom is -0.396 e. The highest BCUT2D eigenvalue weighted by atomic mass is 32.1. The van der Waals surface area contributed by atoms with E-state index in [0.29, 0.717) is 24.6 Å². The number of amides is 1. The van der Waals surface area contributed by atoms with Gasteiger partial charge in [-0.1, -0.05) is 30.3 Å². The fraction of sp³-hybridized carbons (Fsp3) is 0.444. The number of aryl methyl sites for hydroxylation is 1. The SMILES string of the molecule is Cc1nc(-c2ccccc2)sc1C(=O)NCC1(CO)CCOCC1. The molecule has 0 aliphatic carbocycles. The van der Waals surface area contributed by atoms with Crippen LogP contribution in [0.15, 0.2) is 30.3 Å². The lowest BCUT2D eigenvalue weighted by Crippen LogP contribution is -2.43. The average molecular weight is 346 g/mol. The van der Waals surface area contributed by atoms with Gasteiger partial charge in [-0.25, -0.2) is 4.98 Å². The minimum atomic E-state index is -0.269. The number of nitrogens with one attached hydrogen (secondary N) is 1. The molecule has 6 heteroatoms. The summed E-state index contributed by atoms with van der Waals surface area (Å²) in [7, 11) is 0. The number of ether oxygens (including phenoxy) is 1. The largest absolute Gasteiger partial charge is 0.396 e. The number of hydrogen-bond donors (Lipinski definition) is 2. The standard InChI is InChI=1S/C18H22N2O3S/c1-13-15(24-17(20-13)14-5-3-2-4-6-14)16(22)19-11-18(12-21)7-9-23-10-8-18/h2-6,21H,7-12H2,1H3,(H,19,22). The zero-order chi connectivity index (χ0) is 17.0. The fourth-order valence-corrected chi connectivity index (χ4v) is 3.84. The molecular formula is C18H22N2O3S. The third kappa shape index (κ3) is 3.66. The van der Waals surface area contributed by atoms with Crippen LogP contribution >= 0.6 is 11.3 Å². The van der Waals surface area contributed by atoms with Crippen LogP contribution in [0.1, 0.15) is 28.2 Å². The zero-order valence-corrected chi connectivity index (χ0v) is 14.6. The Morgan fingerprint density at radius 1 is 1.33 bits per heavy atom. The monoisotopic (exact) mass is 346 g/mol. The average Bonchev–Trinajstić information content (AvgIpc) is 3.03. The smallest absolute Gasteiger partial charge is 0.263 e. The van der Waals surface area contributed by atoms with E-state index in [1.807, 2.05) is 37.3 Å². The summed E-state index contributed by atoms with van der Waals surface area (Å²) in [6, 6.07) is 9.86. The van der Waals surface area contributed by atoms with Crippen molar-refractivity contribution in [2.75, 3.05) is 26.4 Å². The van der Waals surface area contributed by atoms with Gasteiger partial charge in [-0.2, -0.15) is 0 Å². The molecule has 128 valence electrons. The van der Waals surface area contributed by atoms with E-state index in [9.17, 15) is 9.90 Å². The van der Waals surface area contributed by atoms with Gasteiger partial charge in [0.25, 0.3) is 5.91 Å². The van der Waals surface area contributed by atoms with E-state index in [0.717, 1.165) is 29.1 Å². The second kappa shape index (κ2) is 7.42. The van der Waals surface area contributed by atoms with Gasteiger partial charge in [0.15, 0.2) is 0 Å². The summed E-state index contributed by atoms with van der Waals surface area (Å²) in [6.45, 7) is 3.65. The van der Waals surface area contributed by atoms with E-state index >= 15 is 0 Å². The first-order valence-corrected chi connectivity index (χ1v) is 8.95. The van der Waals surface area contributed by atoms with Gasteiger partial charge in [0.1, 0.15) is 9.88 Å². The van der Waals surface area contributed by atoms with Crippen LogP contribution in [0.2, 0.25) is 0 Å². The van der Waals surface area contributed by atoms with E-state index in [4.69, 9.17) is 4.74 Å². The van der Waals surface area contributed by atoms with Crippen molar-refractivity contribution in [2.45, 2.75) is 19.8 Å². The maximum atomic E-state index is 12.6. The predicted octanol–water partition coefficient (Wildman–Crippen LogP) is 2.64. The van der Waals surface area contributed by atoms with E-state index in [-0.39, 0.29) is 17.9 Å². The number of benzene rings is 1. The Hall–Kier alpha value is -1.76. The molecule has 2 aromatic rings. The molecule has 0 saturated carbocycles. The second-order valence-electron chi connectivity index (χ2n) is 6.25. The first-order chi connectivity index (χ1) is 11.6. The third-order valence-corrected chi connectivity index (χ3v) is 5.74. The lowest BCUT2D eigenvalue weighted by atomic mass is 9.81. The summed E-state index contributed by atoms with van der Waals surface area (Å²) in [5.41, 5.74) is 1.48. The maximum absolute atomic E-state index is 12.6. The van der Waals surface area contributed by atoms with E-state index in [1.165, 1.54) is 11.3 Å².